The summed E-state index contributed by atoms with van der Waals surface area (Å²) in [4.78, 5) is 57.8. The van der Waals surface area contributed by atoms with Gasteiger partial charge in [-0.25, -0.2) is 18.2 Å². The van der Waals surface area contributed by atoms with E-state index in [4.69, 9.17) is 18.9 Å². The van der Waals surface area contributed by atoms with Crippen molar-refractivity contribution in [3.8, 4) is 22.1 Å². The van der Waals surface area contributed by atoms with Gasteiger partial charge in [-0.2, -0.15) is 0 Å². The molecule has 4 saturated carbocycles. The molecule has 0 radical (unpaired) electrons. The fourth-order valence-electron chi connectivity index (χ4n) is 10.5. The van der Waals surface area contributed by atoms with Crippen LogP contribution in [0.5, 0.6) is 11.5 Å². The standard InChI is InChI=1S/C51H66F3NO8S/c1-3-5-7-9-31-11-15-33(16-12-31)48(56)60-38-23-19-35(20-24-38)50(58)62-42-27-28-43(46-45(42)55-47(64-46)44-40(53)29-37(52)30-41(44)54)63-51(59)36-21-25-39(26-22-36)61-49(57)34-17-13-32(14-18-34)10-8-6-4-2/h27-36,38-39H,3-26H2,1-2H3. The van der Waals surface area contributed by atoms with Crippen molar-refractivity contribution in [1.82, 2.24) is 4.98 Å². The Bertz CT molecular complexity index is 1920. The number of fused-ring (bicyclic) bond motifs is 1. The average molecular weight is 910 g/mol. The van der Waals surface area contributed by atoms with Crippen molar-refractivity contribution in [3.63, 3.8) is 0 Å². The second-order valence-corrected chi connectivity index (χ2v) is 20.1. The van der Waals surface area contributed by atoms with E-state index in [0.29, 0.717) is 75.3 Å². The van der Waals surface area contributed by atoms with Crippen molar-refractivity contribution in [2.24, 2.45) is 35.5 Å². The van der Waals surface area contributed by atoms with Crippen molar-refractivity contribution < 1.29 is 51.3 Å². The fraction of sp³-hybridized carbons (Fsp3) is 0.667. The van der Waals surface area contributed by atoms with Crippen LogP contribution < -0.4 is 9.47 Å². The van der Waals surface area contributed by atoms with Crippen molar-refractivity contribution in [2.75, 3.05) is 0 Å². The maximum Gasteiger partial charge on any atom is 0.314 e. The van der Waals surface area contributed by atoms with E-state index in [-0.39, 0.29) is 62.7 Å². The van der Waals surface area contributed by atoms with Gasteiger partial charge in [0.25, 0.3) is 0 Å². The Kier molecular flexibility index (Phi) is 17.2. The molecule has 2 aromatic carbocycles. The number of aromatic nitrogens is 1. The van der Waals surface area contributed by atoms with Crippen LogP contribution in [-0.2, 0) is 28.7 Å². The summed E-state index contributed by atoms with van der Waals surface area (Å²) in [7, 11) is 0. The van der Waals surface area contributed by atoms with E-state index in [1.807, 2.05) is 0 Å². The van der Waals surface area contributed by atoms with E-state index >= 15 is 8.78 Å². The van der Waals surface area contributed by atoms with Gasteiger partial charge < -0.3 is 18.9 Å². The fourth-order valence-corrected chi connectivity index (χ4v) is 11.5. The normalized spacial score (nSPS) is 26.3. The molecule has 0 atom stereocenters. The minimum Gasteiger partial charge on any atom is -0.462 e. The number of halogens is 3. The highest BCUT2D eigenvalue weighted by molar-refractivity contribution is 7.22. The van der Waals surface area contributed by atoms with Crippen molar-refractivity contribution in [2.45, 2.75) is 180 Å². The van der Waals surface area contributed by atoms with Gasteiger partial charge in [-0.1, -0.05) is 65.2 Å². The van der Waals surface area contributed by atoms with Crippen LogP contribution in [0.3, 0.4) is 0 Å². The molecular weight excluding hydrogens is 844 g/mol. The minimum atomic E-state index is -1.16. The molecule has 0 saturated heterocycles. The van der Waals surface area contributed by atoms with Crippen LogP contribution in [0.4, 0.5) is 13.2 Å². The lowest BCUT2D eigenvalue weighted by Gasteiger charge is -2.31. The van der Waals surface area contributed by atoms with Crippen LogP contribution in [0, 0.1) is 53.0 Å². The summed E-state index contributed by atoms with van der Waals surface area (Å²) in [6, 6.07) is 4.05. The lowest BCUT2D eigenvalue weighted by atomic mass is 9.79. The van der Waals surface area contributed by atoms with Crippen LogP contribution in [-0.4, -0.2) is 41.1 Å². The van der Waals surface area contributed by atoms with E-state index < -0.39 is 46.8 Å². The highest BCUT2D eigenvalue weighted by Gasteiger charge is 2.36. The maximum absolute atomic E-state index is 15.1. The number of esters is 4. The summed E-state index contributed by atoms with van der Waals surface area (Å²) >= 11 is 0.836. The molecule has 0 amide bonds. The van der Waals surface area contributed by atoms with E-state index in [0.717, 1.165) is 62.7 Å². The Balaban J connectivity index is 0.946. The lowest BCUT2D eigenvalue weighted by molar-refractivity contribution is -0.159. The molecule has 9 nitrogen and oxygen atoms in total. The molecule has 3 aromatic rings. The molecule has 4 aliphatic carbocycles. The average Bonchev–Trinajstić information content (AvgIpc) is 3.73. The van der Waals surface area contributed by atoms with Crippen LogP contribution in [0.1, 0.15) is 168 Å². The molecular formula is C51H66F3NO8S. The molecule has 7 rings (SSSR count). The van der Waals surface area contributed by atoms with Crippen LogP contribution >= 0.6 is 11.3 Å². The molecule has 4 fully saturated rings. The summed E-state index contributed by atoms with van der Waals surface area (Å²) in [6.07, 6.45) is 21.0. The van der Waals surface area contributed by atoms with Gasteiger partial charge in [0.2, 0.25) is 0 Å². The molecule has 64 heavy (non-hydrogen) atoms. The Labute approximate surface area is 379 Å². The van der Waals surface area contributed by atoms with Gasteiger partial charge in [-0.05, 0) is 127 Å². The van der Waals surface area contributed by atoms with Gasteiger partial charge >= 0.3 is 23.9 Å². The Morgan fingerprint density at radius 1 is 0.562 bits per heavy atom. The second kappa shape index (κ2) is 22.9. The molecule has 0 N–H and O–H groups in total. The predicted octanol–water partition coefficient (Wildman–Crippen LogP) is 13.2. The predicted molar refractivity (Wildman–Crippen MR) is 239 cm³/mol. The van der Waals surface area contributed by atoms with Crippen LogP contribution in [0.2, 0.25) is 0 Å². The molecule has 0 spiro atoms. The number of benzene rings is 2. The zero-order valence-electron chi connectivity index (χ0n) is 37.7. The number of carbonyl (C=O) groups excluding carboxylic acids is 4. The van der Waals surface area contributed by atoms with Crippen molar-refractivity contribution >= 4 is 45.4 Å². The quantitative estimate of drug-likeness (QED) is 0.0741. The number of ether oxygens (including phenoxy) is 4. The molecule has 0 unspecified atom stereocenters. The third-order valence-corrected chi connectivity index (χ3v) is 15.6. The summed E-state index contributed by atoms with van der Waals surface area (Å²) in [5.41, 5.74) is -0.493. The van der Waals surface area contributed by atoms with Gasteiger partial charge in [0.05, 0.1) is 29.2 Å². The van der Waals surface area contributed by atoms with E-state index in [1.165, 1.54) is 63.5 Å². The first kappa shape index (κ1) is 47.9. The summed E-state index contributed by atoms with van der Waals surface area (Å²) in [6.45, 7) is 4.42. The third kappa shape index (κ3) is 12.5. The van der Waals surface area contributed by atoms with E-state index in [9.17, 15) is 23.6 Å². The number of nitrogens with zero attached hydrogens (tertiary/aromatic N) is 1. The van der Waals surface area contributed by atoms with Gasteiger partial charge in [-0.3, -0.25) is 19.2 Å². The number of carbonyl (C=O) groups is 4. The van der Waals surface area contributed by atoms with E-state index in [2.05, 4.69) is 18.8 Å². The zero-order chi connectivity index (χ0) is 45.2. The monoisotopic (exact) mass is 909 g/mol. The number of hydrogen-bond acceptors (Lipinski definition) is 10. The maximum atomic E-state index is 15.1. The molecule has 13 heteroatoms. The van der Waals surface area contributed by atoms with Crippen molar-refractivity contribution in [1.29, 1.82) is 0 Å². The molecule has 1 heterocycles. The minimum absolute atomic E-state index is 0.0244. The smallest absolute Gasteiger partial charge is 0.314 e. The molecule has 4 aliphatic rings. The van der Waals surface area contributed by atoms with Crippen molar-refractivity contribution in [3.05, 3.63) is 41.7 Å². The number of unbranched alkanes of at least 4 members (excludes halogenated alkanes) is 4. The first-order chi connectivity index (χ1) is 31.0. The largest absolute Gasteiger partial charge is 0.462 e. The van der Waals surface area contributed by atoms with Gasteiger partial charge in [0.1, 0.15) is 44.9 Å². The summed E-state index contributed by atoms with van der Waals surface area (Å²) in [5.74, 6) is -4.27. The summed E-state index contributed by atoms with van der Waals surface area (Å²) < 4.78 is 68.0. The lowest BCUT2D eigenvalue weighted by Crippen LogP contribution is -2.32. The Morgan fingerprint density at radius 3 is 1.42 bits per heavy atom. The number of hydrogen-bond donors (Lipinski definition) is 0. The first-order valence-electron chi connectivity index (χ1n) is 24.4. The second-order valence-electron chi connectivity index (χ2n) is 19.1. The third-order valence-electron chi connectivity index (χ3n) is 14.5. The molecule has 0 aliphatic heterocycles. The van der Waals surface area contributed by atoms with Gasteiger partial charge in [-0.15, -0.1) is 11.3 Å². The zero-order valence-corrected chi connectivity index (χ0v) is 38.5. The van der Waals surface area contributed by atoms with Crippen LogP contribution in [0.15, 0.2) is 24.3 Å². The number of rotatable bonds is 17. The topological polar surface area (TPSA) is 118 Å². The molecule has 1 aromatic heterocycles. The van der Waals surface area contributed by atoms with E-state index in [1.54, 1.807) is 0 Å². The highest BCUT2D eigenvalue weighted by atomic mass is 32.1. The Hall–Kier alpha value is -4.00. The SMILES string of the molecule is CCCCCC1CCC(C(=O)OC2CCC(C(=O)Oc3ccc(OC(=O)C4CCC(OC(=O)C5CCC(CCCCC)CC5)CC4)c4sc(-c5c(F)cc(F)cc5F)nc34)CC2)CC1. The Morgan fingerprint density at radius 2 is 0.969 bits per heavy atom. The van der Waals surface area contributed by atoms with Crippen LogP contribution in [0.25, 0.3) is 20.8 Å². The molecule has 0 bridgehead atoms. The van der Waals surface area contributed by atoms with Gasteiger partial charge in [0.15, 0.2) is 11.5 Å². The molecule has 350 valence electrons. The number of thiazole rings is 1. The first-order valence-corrected chi connectivity index (χ1v) is 25.2. The summed E-state index contributed by atoms with van der Waals surface area (Å²) in [5, 5.41) is -0.148. The van der Waals surface area contributed by atoms with Gasteiger partial charge in [0, 0.05) is 12.1 Å². The highest BCUT2D eigenvalue weighted by Crippen LogP contribution is 2.44.